The molecule has 2 aromatic rings. The fourth-order valence-electron chi connectivity index (χ4n) is 2.27. The first-order valence-corrected chi connectivity index (χ1v) is 7.16. The average Bonchev–Trinajstić information content (AvgIpc) is 2.47. The topological polar surface area (TPSA) is 51.2 Å². The Hall–Kier alpha value is -1.88. The fourth-order valence-corrected chi connectivity index (χ4v) is 2.63. The van der Waals surface area contributed by atoms with Gasteiger partial charge in [0.25, 0.3) is 5.91 Å². The van der Waals surface area contributed by atoms with Crippen LogP contribution in [0.5, 0.6) is 5.75 Å². The van der Waals surface area contributed by atoms with Crippen LogP contribution in [0.4, 0.5) is 0 Å². The first kappa shape index (κ1) is 13.1. The lowest BCUT2D eigenvalue weighted by atomic mass is 10.0. The number of carbonyl (C=O) groups excluding carboxylic acids is 1. The molecule has 1 amide bonds. The Morgan fingerprint density at radius 2 is 2.20 bits per heavy atom. The van der Waals surface area contributed by atoms with Crippen molar-refractivity contribution in [3.8, 4) is 5.75 Å². The number of hydrogen-bond donors (Lipinski definition) is 1. The summed E-state index contributed by atoms with van der Waals surface area (Å²) in [7, 11) is 0. The van der Waals surface area contributed by atoms with Gasteiger partial charge in [-0.25, -0.2) is 0 Å². The number of pyridine rings is 1. The van der Waals surface area contributed by atoms with Crippen molar-refractivity contribution in [1.82, 2.24) is 10.3 Å². The minimum atomic E-state index is -0.125. The Balaban J connectivity index is 1.81. The molecule has 4 nitrogen and oxygen atoms in total. The fraction of sp³-hybridized carbons (Fsp3) is 0.200. The van der Waals surface area contributed by atoms with Crippen LogP contribution in [0, 0.1) is 0 Å². The predicted molar refractivity (Wildman–Crippen MR) is 78.7 cm³/mol. The van der Waals surface area contributed by atoms with Crippen LogP contribution < -0.4 is 10.1 Å². The van der Waals surface area contributed by atoms with Gasteiger partial charge in [-0.05, 0) is 28.1 Å². The summed E-state index contributed by atoms with van der Waals surface area (Å²) in [5.41, 5.74) is 1.57. The van der Waals surface area contributed by atoms with Gasteiger partial charge in [0, 0.05) is 28.9 Å². The molecule has 0 aliphatic carbocycles. The minimum Gasteiger partial charge on any atom is -0.493 e. The van der Waals surface area contributed by atoms with E-state index in [-0.39, 0.29) is 11.9 Å². The van der Waals surface area contributed by atoms with Crippen molar-refractivity contribution < 1.29 is 9.53 Å². The Labute approximate surface area is 125 Å². The smallest absolute Gasteiger partial charge is 0.253 e. The summed E-state index contributed by atoms with van der Waals surface area (Å²) in [5.74, 6) is 0.719. The molecule has 3 rings (SSSR count). The van der Waals surface area contributed by atoms with Gasteiger partial charge in [0.05, 0.1) is 18.2 Å². The van der Waals surface area contributed by atoms with Gasteiger partial charge >= 0.3 is 0 Å². The first-order chi connectivity index (χ1) is 9.74. The second-order valence-electron chi connectivity index (χ2n) is 4.59. The number of carbonyl (C=O) groups is 1. The molecular weight excluding hydrogens is 320 g/mol. The van der Waals surface area contributed by atoms with E-state index in [0.29, 0.717) is 12.2 Å². The Bertz CT molecular complexity index is 645. The summed E-state index contributed by atoms with van der Waals surface area (Å²) >= 11 is 3.32. The molecule has 1 aromatic carbocycles. The molecule has 0 spiro atoms. The summed E-state index contributed by atoms with van der Waals surface area (Å²) < 4.78 is 6.38. The van der Waals surface area contributed by atoms with Gasteiger partial charge < -0.3 is 10.1 Å². The van der Waals surface area contributed by atoms with Gasteiger partial charge in [-0.15, -0.1) is 0 Å². The highest BCUT2D eigenvalue weighted by atomic mass is 79.9. The largest absolute Gasteiger partial charge is 0.493 e. The van der Waals surface area contributed by atoms with E-state index in [1.807, 2.05) is 24.3 Å². The molecule has 5 heteroatoms. The van der Waals surface area contributed by atoms with Crippen LogP contribution in [-0.2, 0) is 0 Å². The monoisotopic (exact) mass is 332 g/mol. The predicted octanol–water partition coefficient (Wildman–Crippen LogP) is 3.10. The molecule has 1 atom stereocenters. The lowest BCUT2D eigenvalue weighted by Gasteiger charge is -2.26. The number of rotatable bonds is 2. The second kappa shape index (κ2) is 5.63. The van der Waals surface area contributed by atoms with Crippen molar-refractivity contribution >= 4 is 21.8 Å². The number of hydrogen-bond acceptors (Lipinski definition) is 3. The summed E-state index contributed by atoms with van der Waals surface area (Å²) in [4.78, 5) is 16.3. The Morgan fingerprint density at radius 3 is 3.05 bits per heavy atom. The van der Waals surface area contributed by atoms with E-state index >= 15 is 0 Å². The van der Waals surface area contributed by atoms with Crippen LogP contribution in [0.15, 0.2) is 47.2 Å². The van der Waals surface area contributed by atoms with Gasteiger partial charge in [0.2, 0.25) is 0 Å². The molecular formula is C15H13BrN2O2. The van der Waals surface area contributed by atoms with Crippen LogP contribution in [-0.4, -0.2) is 17.5 Å². The van der Waals surface area contributed by atoms with E-state index in [1.165, 1.54) is 0 Å². The van der Waals surface area contributed by atoms with Crippen molar-refractivity contribution in [3.63, 3.8) is 0 Å². The number of fused-ring (bicyclic) bond motifs is 1. The third-order valence-corrected chi connectivity index (χ3v) is 3.66. The molecule has 2 heterocycles. The van der Waals surface area contributed by atoms with E-state index in [2.05, 4.69) is 26.2 Å². The molecule has 1 aliphatic rings. The molecule has 20 heavy (non-hydrogen) atoms. The van der Waals surface area contributed by atoms with Gasteiger partial charge in [-0.2, -0.15) is 0 Å². The molecule has 1 unspecified atom stereocenters. The van der Waals surface area contributed by atoms with Crippen molar-refractivity contribution in [2.24, 2.45) is 0 Å². The molecule has 102 valence electrons. The van der Waals surface area contributed by atoms with E-state index in [1.54, 1.807) is 18.5 Å². The third kappa shape index (κ3) is 2.67. The van der Waals surface area contributed by atoms with Gasteiger partial charge in [-0.1, -0.05) is 18.2 Å². The zero-order chi connectivity index (χ0) is 13.9. The quantitative estimate of drug-likeness (QED) is 0.919. The molecule has 1 aliphatic heterocycles. The highest BCUT2D eigenvalue weighted by Crippen LogP contribution is 2.31. The van der Waals surface area contributed by atoms with Crippen LogP contribution in [0.3, 0.4) is 0 Å². The molecule has 0 radical (unpaired) electrons. The minimum absolute atomic E-state index is 0.0218. The molecule has 0 saturated carbocycles. The van der Waals surface area contributed by atoms with Crippen LogP contribution in [0.1, 0.15) is 28.4 Å². The van der Waals surface area contributed by atoms with Crippen LogP contribution in [0.2, 0.25) is 0 Å². The summed E-state index contributed by atoms with van der Waals surface area (Å²) in [6.45, 7) is 0.610. The van der Waals surface area contributed by atoms with Crippen LogP contribution >= 0.6 is 15.9 Å². The standard InChI is InChI=1S/C15H13BrN2O2/c16-11-7-10(8-17-9-11)15(19)18-13-5-6-20-14-4-2-1-3-12(13)14/h1-4,7-9,13H,5-6H2,(H,18,19). The van der Waals surface area contributed by atoms with Crippen LogP contribution in [0.25, 0.3) is 0 Å². The number of nitrogens with one attached hydrogen (secondary N) is 1. The maximum atomic E-state index is 12.3. The lowest BCUT2D eigenvalue weighted by Crippen LogP contribution is -2.32. The van der Waals surface area contributed by atoms with E-state index in [4.69, 9.17) is 4.74 Å². The Kier molecular flexibility index (Phi) is 3.69. The zero-order valence-corrected chi connectivity index (χ0v) is 12.3. The molecule has 1 aromatic heterocycles. The number of benzene rings is 1. The highest BCUT2D eigenvalue weighted by molar-refractivity contribution is 9.10. The van der Waals surface area contributed by atoms with E-state index in [0.717, 1.165) is 22.2 Å². The number of nitrogens with zero attached hydrogens (tertiary/aromatic N) is 1. The summed E-state index contributed by atoms with van der Waals surface area (Å²) in [6, 6.07) is 9.53. The molecule has 0 bridgehead atoms. The van der Waals surface area contributed by atoms with Crippen molar-refractivity contribution in [3.05, 3.63) is 58.3 Å². The normalized spacial score (nSPS) is 16.9. The number of halogens is 1. The first-order valence-electron chi connectivity index (χ1n) is 6.37. The third-order valence-electron chi connectivity index (χ3n) is 3.23. The average molecular weight is 333 g/mol. The number of aromatic nitrogens is 1. The second-order valence-corrected chi connectivity index (χ2v) is 5.51. The maximum Gasteiger partial charge on any atom is 0.253 e. The van der Waals surface area contributed by atoms with E-state index in [9.17, 15) is 4.79 Å². The zero-order valence-electron chi connectivity index (χ0n) is 10.7. The highest BCUT2D eigenvalue weighted by Gasteiger charge is 2.23. The number of para-hydroxylation sites is 1. The Morgan fingerprint density at radius 1 is 1.35 bits per heavy atom. The van der Waals surface area contributed by atoms with Crippen molar-refractivity contribution in [1.29, 1.82) is 0 Å². The lowest BCUT2D eigenvalue weighted by molar-refractivity contribution is 0.0924. The SMILES string of the molecule is O=C(NC1CCOc2ccccc21)c1cncc(Br)c1. The summed E-state index contributed by atoms with van der Waals surface area (Å²) in [5, 5.41) is 3.04. The summed E-state index contributed by atoms with van der Waals surface area (Å²) in [6.07, 6.45) is 3.98. The van der Waals surface area contributed by atoms with Crippen molar-refractivity contribution in [2.75, 3.05) is 6.61 Å². The number of ether oxygens (including phenoxy) is 1. The number of amides is 1. The van der Waals surface area contributed by atoms with E-state index < -0.39 is 0 Å². The molecule has 0 saturated heterocycles. The van der Waals surface area contributed by atoms with Gasteiger partial charge in [0.1, 0.15) is 5.75 Å². The molecule has 1 N–H and O–H groups in total. The van der Waals surface area contributed by atoms with Crippen molar-refractivity contribution in [2.45, 2.75) is 12.5 Å². The maximum absolute atomic E-state index is 12.3. The van der Waals surface area contributed by atoms with Gasteiger partial charge in [0.15, 0.2) is 0 Å². The van der Waals surface area contributed by atoms with Gasteiger partial charge in [-0.3, -0.25) is 9.78 Å². The molecule has 0 fully saturated rings.